The van der Waals surface area contributed by atoms with Gasteiger partial charge in [-0.1, -0.05) is 42.1 Å². The molecule has 1 aliphatic heterocycles. The Bertz CT molecular complexity index is 1050. The molecule has 144 valence electrons. The Kier molecular flexibility index (Phi) is 5.45. The number of fused-ring (bicyclic) bond motifs is 1. The summed E-state index contributed by atoms with van der Waals surface area (Å²) in [5, 5.41) is 0.716. The summed E-state index contributed by atoms with van der Waals surface area (Å²) >= 11 is 1.32. The standard InChI is InChI=1S/C21H21N3O3S/c1-15(19(25)23-11-13-27-14-12-23)28-21-22-18-10-6-5-9-17(18)20(26)24(21)16-7-3-2-4-8-16/h2-10,15H,11-14H2,1H3. The zero-order valence-corrected chi connectivity index (χ0v) is 16.4. The van der Waals surface area contributed by atoms with Crippen molar-refractivity contribution in [1.29, 1.82) is 0 Å². The van der Waals surface area contributed by atoms with E-state index in [-0.39, 0.29) is 16.7 Å². The maximum Gasteiger partial charge on any atom is 0.266 e. The first-order chi connectivity index (χ1) is 13.6. The van der Waals surface area contributed by atoms with Crippen molar-refractivity contribution < 1.29 is 9.53 Å². The second-order valence-corrected chi connectivity index (χ2v) is 7.89. The van der Waals surface area contributed by atoms with Crippen molar-refractivity contribution in [2.45, 2.75) is 17.3 Å². The van der Waals surface area contributed by atoms with Gasteiger partial charge in [0.2, 0.25) is 5.91 Å². The number of hydrogen-bond acceptors (Lipinski definition) is 5. The van der Waals surface area contributed by atoms with Crippen LogP contribution in [0, 0.1) is 0 Å². The lowest BCUT2D eigenvalue weighted by atomic mass is 10.2. The molecule has 2 heterocycles. The predicted molar refractivity (Wildman–Crippen MR) is 110 cm³/mol. The first-order valence-corrected chi connectivity index (χ1v) is 10.1. The van der Waals surface area contributed by atoms with Gasteiger partial charge in [0.05, 0.1) is 35.1 Å². The van der Waals surface area contributed by atoms with Crippen molar-refractivity contribution in [3.8, 4) is 5.69 Å². The van der Waals surface area contributed by atoms with E-state index in [0.29, 0.717) is 42.4 Å². The van der Waals surface area contributed by atoms with Crippen LogP contribution >= 0.6 is 11.8 Å². The molecule has 3 aromatic rings. The lowest BCUT2D eigenvalue weighted by Gasteiger charge is -2.29. The number of aromatic nitrogens is 2. The smallest absolute Gasteiger partial charge is 0.266 e. The van der Waals surface area contributed by atoms with Crippen molar-refractivity contribution >= 4 is 28.6 Å². The Labute approximate surface area is 167 Å². The number of carbonyl (C=O) groups excluding carboxylic acids is 1. The molecule has 1 unspecified atom stereocenters. The summed E-state index contributed by atoms with van der Waals surface area (Å²) < 4.78 is 6.92. The van der Waals surface area contributed by atoms with E-state index >= 15 is 0 Å². The van der Waals surface area contributed by atoms with Crippen LogP contribution in [0.1, 0.15) is 6.92 Å². The maximum atomic E-state index is 13.2. The number of nitrogens with zero attached hydrogens (tertiary/aromatic N) is 3. The van der Waals surface area contributed by atoms with Crippen LogP contribution in [0.2, 0.25) is 0 Å². The van der Waals surface area contributed by atoms with E-state index in [4.69, 9.17) is 9.72 Å². The van der Waals surface area contributed by atoms with Crippen LogP contribution in [0.3, 0.4) is 0 Å². The summed E-state index contributed by atoms with van der Waals surface area (Å²) in [4.78, 5) is 32.6. The van der Waals surface area contributed by atoms with Crippen LogP contribution in [-0.4, -0.2) is 51.9 Å². The molecule has 1 fully saturated rings. The highest BCUT2D eigenvalue weighted by Gasteiger charge is 2.25. The molecule has 0 bridgehead atoms. The Morgan fingerprint density at radius 3 is 2.50 bits per heavy atom. The number of benzene rings is 2. The summed E-state index contributed by atoms with van der Waals surface area (Å²) in [7, 11) is 0. The van der Waals surface area contributed by atoms with E-state index in [1.807, 2.05) is 60.4 Å². The van der Waals surface area contributed by atoms with Crippen LogP contribution in [-0.2, 0) is 9.53 Å². The van der Waals surface area contributed by atoms with E-state index in [1.54, 1.807) is 10.6 Å². The molecule has 28 heavy (non-hydrogen) atoms. The van der Waals surface area contributed by atoms with Gasteiger partial charge in [0.1, 0.15) is 0 Å². The summed E-state index contributed by atoms with van der Waals surface area (Å²) in [6.07, 6.45) is 0. The zero-order valence-electron chi connectivity index (χ0n) is 15.6. The van der Waals surface area contributed by atoms with Gasteiger partial charge in [-0.3, -0.25) is 14.2 Å². The molecule has 1 atom stereocenters. The van der Waals surface area contributed by atoms with Crippen molar-refractivity contribution in [2.75, 3.05) is 26.3 Å². The Morgan fingerprint density at radius 2 is 1.75 bits per heavy atom. The van der Waals surface area contributed by atoms with Gasteiger partial charge in [0, 0.05) is 13.1 Å². The SMILES string of the molecule is CC(Sc1nc2ccccc2c(=O)n1-c1ccccc1)C(=O)N1CCOCC1. The van der Waals surface area contributed by atoms with Gasteiger partial charge in [-0.2, -0.15) is 0 Å². The minimum Gasteiger partial charge on any atom is -0.378 e. The molecule has 1 amide bonds. The first-order valence-electron chi connectivity index (χ1n) is 9.25. The first kappa shape index (κ1) is 18.7. The van der Waals surface area contributed by atoms with Crippen LogP contribution in [0.4, 0.5) is 0 Å². The molecule has 2 aromatic carbocycles. The highest BCUT2D eigenvalue weighted by atomic mass is 32.2. The van der Waals surface area contributed by atoms with Crippen LogP contribution in [0.15, 0.2) is 64.5 Å². The van der Waals surface area contributed by atoms with Crippen molar-refractivity contribution in [3.63, 3.8) is 0 Å². The molecule has 0 radical (unpaired) electrons. The second kappa shape index (κ2) is 8.16. The lowest BCUT2D eigenvalue weighted by molar-refractivity contribution is -0.134. The summed E-state index contributed by atoms with van der Waals surface area (Å²) in [5.41, 5.74) is 1.23. The topological polar surface area (TPSA) is 64.4 Å². The number of rotatable bonds is 4. The van der Waals surface area contributed by atoms with Gasteiger partial charge in [0.25, 0.3) is 5.56 Å². The molecular formula is C21H21N3O3S. The van der Waals surface area contributed by atoms with E-state index in [1.165, 1.54) is 11.8 Å². The van der Waals surface area contributed by atoms with Gasteiger partial charge in [0.15, 0.2) is 5.16 Å². The van der Waals surface area contributed by atoms with Gasteiger partial charge >= 0.3 is 0 Å². The zero-order chi connectivity index (χ0) is 19.5. The number of carbonyl (C=O) groups is 1. The van der Waals surface area contributed by atoms with Crippen LogP contribution < -0.4 is 5.56 Å². The maximum absolute atomic E-state index is 13.2. The molecule has 0 spiro atoms. The molecule has 1 saturated heterocycles. The highest BCUT2D eigenvalue weighted by Crippen LogP contribution is 2.26. The van der Waals surface area contributed by atoms with Crippen LogP contribution in [0.25, 0.3) is 16.6 Å². The number of morpholine rings is 1. The fourth-order valence-electron chi connectivity index (χ4n) is 3.25. The average molecular weight is 395 g/mol. The molecule has 1 aromatic heterocycles. The highest BCUT2D eigenvalue weighted by molar-refractivity contribution is 8.00. The molecule has 0 N–H and O–H groups in total. The summed E-state index contributed by atoms with van der Waals surface area (Å²) in [6.45, 7) is 4.18. The average Bonchev–Trinajstić information content (AvgIpc) is 2.74. The summed E-state index contributed by atoms with van der Waals surface area (Å²) in [5.74, 6) is 0.0373. The molecular weight excluding hydrogens is 374 g/mol. The number of hydrogen-bond donors (Lipinski definition) is 0. The Morgan fingerprint density at radius 1 is 1.07 bits per heavy atom. The van der Waals surface area contributed by atoms with Crippen molar-refractivity contribution in [3.05, 3.63) is 65.0 Å². The van der Waals surface area contributed by atoms with Gasteiger partial charge in [-0.25, -0.2) is 4.98 Å². The monoisotopic (exact) mass is 395 g/mol. The van der Waals surface area contributed by atoms with E-state index in [0.717, 1.165) is 5.69 Å². The minimum atomic E-state index is -0.360. The number of para-hydroxylation sites is 2. The van der Waals surface area contributed by atoms with E-state index in [2.05, 4.69) is 0 Å². The van der Waals surface area contributed by atoms with Gasteiger partial charge < -0.3 is 9.64 Å². The lowest BCUT2D eigenvalue weighted by Crippen LogP contribution is -2.44. The largest absolute Gasteiger partial charge is 0.378 e. The summed E-state index contributed by atoms with van der Waals surface area (Å²) in [6, 6.07) is 16.7. The normalized spacial score (nSPS) is 15.5. The quantitative estimate of drug-likeness (QED) is 0.502. The molecule has 0 aliphatic carbocycles. The van der Waals surface area contributed by atoms with Crippen LogP contribution in [0.5, 0.6) is 0 Å². The molecule has 4 rings (SSSR count). The van der Waals surface area contributed by atoms with E-state index < -0.39 is 0 Å². The Balaban J connectivity index is 1.75. The number of ether oxygens (including phenoxy) is 1. The fraction of sp³-hybridized carbons (Fsp3) is 0.286. The van der Waals surface area contributed by atoms with Gasteiger partial charge in [-0.05, 0) is 31.2 Å². The van der Waals surface area contributed by atoms with Gasteiger partial charge in [-0.15, -0.1) is 0 Å². The predicted octanol–water partition coefficient (Wildman–Crippen LogP) is 2.73. The molecule has 7 heteroatoms. The minimum absolute atomic E-state index is 0.0373. The van der Waals surface area contributed by atoms with Crippen molar-refractivity contribution in [2.24, 2.45) is 0 Å². The molecule has 0 saturated carbocycles. The molecule has 1 aliphatic rings. The third kappa shape index (κ3) is 3.68. The van der Waals surface area contributed by atoms with Crippen molar-refractivity contribution in [1.82, 2.24) is 14.5 Å². The number of thioether (sulfide) groups is 1. The third-order valence-corrected chi connectivity index (χ3v) is 5.75. The molecule has 6 nitrogen and oxygen atoms in total. The second-order valence-electron chi connectivity index (χ2n) is 6.59. The number of amides is 1. The Hall–Kier alpha value is -2.64. The fourth-order valence-corrected chi connectivity index (χ4v) is 4.26. The third-order valence-electron chi connectivity index (χ3n) is 4.71. The van der Waals surface area contributed by atoms with E-state index in [9.17, 15) is 9.59 Å².